The fourth-order valence-electron chi connectivity index (χ4n) is 1.89. The van der Waals surface area contributed by atoms with E-state index in [0.29, 0.717) is 30.0 Å². The predicted molar refractivity (Wildman–Crippen MR) is 68.0 cm³/mol. The van der Waals surface area contributed by atoms with E-state index >= 15 is 0 Å². The van der Waals surface area contributed by atoms with Gasteiger partial charge in [0.05, 0.1) is 6.61 Å². The fraction of sp³-hybridized carbons (Fsp3) is 0.667. The predicted octanol–water partition coefficient (Wildman–Crippen LogP) is 2.06. The Kier molecular flexibility index (Phi) is 3.66. The molecule has 1 aliphatic carbocycles. The molecular weight excluding hydrogens is 216 g/mol. The van der Waals surface area contributed by atoms with Crippen LogP contribution >= 0.6 is 0 Å². The molecule has 2 rings (SSSR count). The number of aromatic nitrogens is 2. The molecule has 0 amide bonds. The van der Waals surface area contributed by atoms with Crippen LogP contribution in [0.25, 0.3) is 0 Å². The van der Waals surface area contributed by atoms with Gasteiger partial charge in [0.25, 0.3) is 0 Å². The Morgan fingerprint density at radius 1 is 1.53 bits per heavy atom. The van der Waals surface area contributed by atoms with Gasteiger partial charge in [-0.25, -0.2) is 4.98 Å². The largest absolute Gasteiger partial charge is 0.476 e. The van der Waals surface area contributed by atoms with Gasteiger partial charge in [0.2, 0.25) is 5.88 Å². The molecule has 0 radical (unpaired) electrons. The molecule has 1 fully saturated rings. The number of hydrogen-bond acceptors (Lipinski definition) is 5. The van der Waals surface area contributed by atoms with E-state index < -0.39 is 0 Å². The van der Waals surface area contributed by atoms with Crippen LogP contribution in [0.1, 0.15) is 33.1 Å². The standard InChI is InChI=1S/C12H20N4O/c1-3-17-12-10(13)11(14-7-15-12)16-8(2)6-9-4-5-9/h7-9H,3-6,13H2,1-2H3,(H,14,15,16). The van der Waals surface area contributed by atoms with Crippen molar-refractivity contribution in [1.29, 1.82) is 0 Å². The number of nitrogens with one attached hydrogen (secondary N) is 1. The summed E-state index contributed by atoms with van der Waals surface area (Å²) in [5.74, 6) is 2.02. The van der Waals surface area contributed by atoms with Crippen molar-refractivity contribution in [1.82, 2.24) is 9.97 Å². The van der Waals surface area contributed by atoms with E-state index in [0.717, 1.165) is 5.92 Å². The van der Waals surface area contributed by atoms with Gasteiger partial charge in [-0.1, -0.05) is 12.8 Å². The van der Waals surface area contributed by atoms with Crippen LogP contribution in [0.5, 0.6) is 5.88 Å². The highest BCUT2D eigenvalue weighted by Gasteiger charge is 2.24. The van der Waals surface area contributed by atoms with Crippen molar-refractivity contribution in [3.05, 3.63) is 6.33 Å². The van der Waals surface area contributed by atoms with Crippen molar-refractivity contribution < 1.29 is 4.74 Å². The molecule has 0 bridgehead atoms. The second-order valence-electron chi connectivity index (χ2n) is 4.60. The maximum atomic E-state index is 5.95. The van der Waals surface area contributed by atoms with Crippen LogP contribution in [-0.4, -0.2) is 22.6 Å². The first kappa shape index (κ1) is 12.0. The number of ether oxygens (including phenoxy) is 1. The van der Waals surface area contributed by atoms with Gasteiger partial charge in [0, 0.05) is 6.04 Å². The molecule has 1 saturated carbocycles. The minimum atomic E-state index is 0.383. The van der Waals surface area contributed by atoms with Crippen LogP contribution in [0.15, 0.2) is 6.33 Å². The maximum Gasteiger partial charge on any atom is 0.242 e. The van der Waals surface area contributed by atoms with Crippen LogP contribution in [0.3, 0.4) is 0 Å². The Hall–Kier alpha value is -1.52. The Bertz CT molecular complexity index is 379. The maximum absolute atomic E-state index is 5.95. The Labute approximate surface area is 102 Å². The van der Waals surface area contributed by atoms with Gasteiger partial charge in [-0.15, -0.1) is 0 Å². The average molecular weight is 236 g/mol. The third-order valence-corrected chi connectivity index (χ3v) is 2.90. The molecule has 1 aliphatic rings. The van der Waals surface area contributed by atoms with Gasteiger partial charge >= 0.3 is 0 Å². The van der Waals surface area contributed by atoms with Crippen molar-refractivity contribution in [3.8, 4) is 5.88 Å². The fourth-order valence-corrected chi connectivity index (χ4v) is 1.89. The summed E-state index contributed by atoms with van der Waals surface area (Å²) in [4.78, 5) is 8.17. The lowest BCUT2D eigenvalue weighted by molar-refractivity contribution is 0.328. The van der Waals surface area contributed by atoms with Crippen LogP contribution < -0.4 is 15.8 Å². The van der Waals surface area contributed by atoms with Gasteiger partial charge in [0.15, 0.2) is 5.82 Å². The highest BCUT2D eigenvalue weighted by molar-refractivity contribution is 5.66. The molecule has 0 saturated heterocycles. The number of hydrogen-bond donors (Lipinski definition) is 2. The third kappa shape index (κ3) is 3.22. The first-order valence-electron chi connectivity index (χ1n) is 6.20. The van der Waals surface area contributed by atoms with E-state index in [2.05, 4.69) is 22.2 Å². The number of nitrogens with zero attached hydrogens (tertiary/aromatic N) is 2. The summed E-state index contributed by atoms with van der Waals surface area (Å²) >= 11 is 0. The van der Waals surface area contributed by atoms with E-state index in [1.807, 2.05) is 6.92 Å². The first-order chi connectivity index (χ1) is 8.20. The number of anilines is 2. The zero-order valence-electron chi connectivity index (χ0n) is 10.4. The van der Waals surface area contributed by atoms with E-state index in [9.17, 15) is 0 Å². The van der Waals surface area contributed by atoms with E-state index in [-0.39, 0.29) is 0 Å². The average Bonchev–Trinajstić information content (AvgIpc) is 3.08. The molecule has 94 valence electrons. The summed E-state index contributed by atoms with van der Waals surface area (Å²) in [6.07, 6.45) is 5.37. The Balaban J connectivity index is 2.00. The molecule has 5 heteroatoms. The molecule has 1 unspecified atom stereocenters. The van der Waals surface area contributed by atoms with Crippen molar-refractivity contribution in [2.24, 2.45) is 5.92 Å². The van der Waals surface area contributed by atoms with Gasteiger partial charge in [-0.05, 0) is 26.2 Å². The molecule has 1 aromatic heterocycles. The SMILES string of the molecule is CCOc1ncnc(NC(C)CC2CC2)c1N. The minimum absolute atomic E-state index is 0.383. The lowest BCUT2D eigenvalue weighted by Gasteiger charge is -2.16. The van der Waals surface area contributed by atoms with E-state index in [1.54, 1.807) is 0 Å². The van der Waals surface area contributed by atoms with Crippen LogP contribution in [0.4, 0.5) is 11.5 Å². The molecule has 5 nitrogen and oxygen atoms in total. The molecule has 1 atom stereocenters. The second kappa shape index (κ2) is 5.21. The Morgan fingerprint density at radius 3 is 2.94 bits per heavy atom. The van der Waals surface area contributed by atoms with Crippen molar-refractivity contribution in [2.45, 2.75) is 39.2 Å². The molecule has 1 aromatic rings. The summed E-state index contributed by atoms with van der Waals surface area (Å²) in [5.41, 5.74) is 6.45. The normalized spacial score (nSPS) is 16.6. The number of rotatable bonds is 6. The summed E-state index contributed by atoms with van der Waals surface area (Å²) in [6, 6.07) is 0.383. The minimum Gasteiger partial charge on any atom is -0.476 e. The van der Waals surface area contributed by atoms with E-state index in [4.69, 9.17) is 10.5 Å². The van der Waals surface area contributed by atoms with E-state index in [1.165, 1.54) is 25.6 Å². The van der Waals surface area contributed by atoms with Crippen molar-refractivity contribution in [3.63, 3.8) is 0 Å². The highest BCUT2D eigenvalue weighted by atomic mass is 16.5. The molecule has 17 heavy (non-hydrogen) atoms. The first-order valence-corrected chi connectivity index (χ1v) is 6.20. The monoisotopic (exact) mass is 236 g/mol. The lowest BCUT2D eigenvalue weighted by atomic mass is 10.1. The summed E-state index contributed by atoms with van der Waals surface area (Å²) < 4.78 is 5.34. The summed E-state index contributed by atoms with van der Waals surface area (Å²) in [7, 11) is 0. The van der Waals surface area contributed by atoms with Gasteiger partial charge < -0.3 is 15.8 Å². The summed E-state index contributed by atoms with van der Waals surface area (Å²) in [5, 5.41) is 3.32. The van der Waals surface area contributed by atoms with Crippen LogP contribution in [0.2, 0.25) is 0 Å². The zero-order chi connectivity index (χ0) is 12.3. The molecule has 0 aliphatic heterocycles. The van der Waals surface area contributed by atoms with Crippen LogP contribution in [-0.2, 0) is 0 Å². The van der Waals surface area contributed by atoms with Crippen molar-refractivity contribution in [2.75, 3.05) is 17.7 Å². The molecule has 3 N–H and O–H groups in total. The lowest BCUT2D eigenvalue weighted by Crippen LogP contribution is -2.18. The van der Waals surface area contributed by atoms with Gasteiger partial charge in [0.1, 0.15) is 12.0 Å². The second-order valence-corrected chi connectivity index (χ2v) is 4.60. The molecule has 0 spiro atoms. The number of nitrogens with two attached hydrogens (primary N) is 1. The Morgan fingerprint density at radius 2 is 2.29 bits per heavy atom. The van der Waals surface area contributed by atoms with Gasteiger partial charge in [-0.3, -0.25) is 0 Å². The van der Waals surface area contributed by atoms with Crippen LogP contribution in [0, 0.1) is 5.92 Å². The van der Waals surface area contributed by atoms with Crippen molar-refractivity contribution >= 4 is 11.5 Å². The summed E-state index contributed by atoms with van der Waals surface area (Å²) in [6.45, 7) is 4.61. The molecule has 1 heterocycles. The quantitative estimate of drug-likeness (QED) is 0.791. The topological polar surface area (TPSA) is 73.1 Å². The molecule has 0 aromatic carbocycles. The highest BCUT2D eigenvalue weighted by Crippen LogP contribution is 2.34. The molecular formula is C12H20N4O. The zero-order valence-corrected chi connectivity index (χ0v) is 10.4. The smallest absolute Gasteiger partial charge is 0.242 e. The van der Waals surface area contributed by atoms with Gasteiger partial charge in [-0.2, -0.15) is 4.98 Å². The third-order valence-electron chi connectivity index (χ3n) is 2.90. The number of nitrogen functional groups attached to an aromatic ring is 1.